The molecule has 0 saturated carbocycles. The van der Waals surface area contributed by atoms with Crippen LogP contribution in [0, 0.1) is 6.92 Å². The second kappa shape index (κ2) is 3.81. The van der Waals surface area contributed by atoms with E-state index in [1.807, 2.05) is 18.7 Å². The Morgan fingerprint density at radius 1 is 1.64 bits per heavy atom. The Hall–Kier alpha value is -0.440. The van der Waals surface area contributed by atoms with E-state index in [0.717, 1.165) is 18.1 Å². The first kappa shape index (κ1) is 8.65. The molecule has 0 radical (unpaired) electrons. The maximum absolute atomic E-state index is 4.41. The molecule has 1 aromatic heterocycles. The van der Waals surface area contributed by atoms with Crippen molar-refractivity contribution in [2.45, 2.75) is 26.1 Å². The lowest BCUT2D eigenvalue weighted by atomic mass is 10.5. The number of hydrogen-bond acceptors (Lipinski definition) is 2. The van der Waals surface area contributed by atoms with Crippen molar-refractivity contribution in [3.05, 3.63) is 17.7 Å². The smallest absolute Gasteiger partial charge is 0.105 e. The van der Waals surface area contributed by atoms with E-state index < -0.39 is 0 Å². The third-order valence-corrected chi connectivity index (χ3v) is 2.24. The highest BCUT2D eigenvalue weighted by Crippen LogP contribution is 2.08. The molecule has 0 aliphatic carbocycles. The van der Waals surface area contributed by atoms with Crippen molar-refractivity contribution in [3.63, 3.8) is 0 Å². The van der Waals surface area contributed by atoms with Gasteiger partial charge in [0.1, 0.15) is 5.82 Å². The van der Waals surface area contributed by atoms with Gasteiger partial charge < -0.3 is 4.57 Å². The molecule has 3 heteroatoms. The highest BCUT2D eigenvalue weighted by atomic mass is 32.2. The summed E-state index contributed by atoms with van der Waals surface area (Å²) in [4.78, 5) is 4.41. The fourth-order valence-corrected chi connectivity index (χ4v) is 1.55. The average molecular weight is 170 g/mol. The van der Waals surface area contributed by atoms with Crippen LogP contribution in [0.15, 0.2) is 6.20 Å². The van der Waals surface area contributed by atoms with E-state index >= 15 is 0 Å². The first-order valence-electron chi connectivity index (χ1n) is 3.79. The van der Waals surface area contributed by atoms with E-state index in [1.54, 1.807) is 0 Å². The zero-order valence-electron chi connectivity index (χ0n) is 7.29. The van der Waals surface area contributed by atoms with Crippen molar-refractivity contribution >= 4 is 11.8 Å². The quantitative estimate of drug-likeness (QED) is 0.691. The van der Waals surface area contributed by atoms with Crippen LogP contribution in [0.3, 0.4) is 0 Å². The van der Waals surface area contributed by atoms with Crippen LogP contribution in [0.4, 0.5) is 0 Å². The summed E-state index contributed by atoms with van der Waals surface area (Å²) in [6, 6.07) is 0. The van der Waals surface area contributed by atoms with Crippen LogP contribution in [0.25, 0.3) is 0 Å². The Bertz CT molecular complexity index is 230. The zero-order chi connectivity index (χ0) is 8.27. The number of rotatable bonds is 3. The number of hydrogen-bond donors (Lipinski definition) is 0. The Labute approximate surface area is 72.0 Å². The van der Waals surface area contributed by atoms with Gasteiger partial charge in [-0.15, -0.1) is 0 Å². The second-order valence-electron chi connectivity index (χ2n) is 2.50. The van der Waals surface area contributed by atoms with Gasteiger partial charge in [-0.3, -0.25) is 0 Å². The van der Waals surface area contributed by atoms with Gasteiger partial charge in [-0.05, 0) is 20.1 Å². The summed E-state index contributed by atoms with van der Waals surface area (Å²) in [5.74, 6) is 2.14. The first-order chi connectivity index (χ1) is 5.27. The molecule has 0 spiro atoms. The average Bonchev–Trinajstić information content (AvgIpc) is 2.32. The molecule has 0 fully saturated rings. The summed E-state index contributed by atoms with van der Waals surface area (Å²) in [5, 5.41) is 0. The van der Waals surface area contributed by atoms with Gasteiger partial charge in [-0.1, -0.05) is 0 Å². The minimum Gasteiger partial charge on any atom is -0.335 e. The third kappa shape index (κ3) is 1.99. The largest absolute Gasteiger partial charge is 0.335 e. The molecule has 62 valence electrons. The molecule has 0 aliphatic rings. The number of thioether (sulfide) groups is 1. The fourth-order valence-electron chi connectivity index (χ4n) is 1.11. The monoisotopic (exact) mass is 170 g/mol. The highest BCUT2D eigenvalue weighted by Gasteiger charge is 2.00. The van der Waals surface area contributed by atoms with Gasteiger partial charge in [-0.2, -0.15) is 11.8 Å². The molecule has 0 aromatic carbocycles. The third-order valence-electron chi connectivity index (χ3n) is 1.66. The van der Waals surface area contributed by atoms with E-state index in [1.165, 1.54) is 5.69 Å². The Kier molecular flexibility index (Phi) is 3.00. The molecule has 0 atom stereocenters. The molecule has 0 amide bonds. The molecule has 0 bridgehead atoms. The maximum Gasteiger partial charge on any atom is 0.105 e. The number of nitrogens with zero attached hydrogens (tertiary/aromatic N) is 2. The van der Waals surface area contributed by atoms with E-state index in [2.05, 4.69) is 28.9 Å². The Morgan fingerprint density at radius 3 is 2.82 bits per heavy atom. The molecule has 0 unspecified atom stereocenters. The summed E-state index contributed by atoms with van der Waals surface area (Å²) in [7, 11) is 0. The van der Waals surface area contributed by atoms with Crippen molar-refractivity contribution in [1.82, 2.24) is 9.55 Å². The SMILES string of the molecule is CCn1cc(CSC)nc1C. The molecule has 11 heavy (non-hydrogen) atoms. The topological polar surface area (TPSA) is 17.8 Å². The predicted octanol–water partition coefficient (Wildman–Crippen LogP) is 2.07. The summed E-state index contributed by atoms with van der Waals surface area (Å²) in [6.45, 7) is 5.21. The lowest BCUT2D eigenvalue weighted by Gasteiger charge is -1.95. The standard InChI is InChI=1S/C8H14N2S/c1-4-10-5-8(6-11-3)9-7(10)2/h5H,4,6H2,1-3H3. The summed E-state index contributed by atoms with van der Waals surface area (Å²) >= 11 is 1.81. The molecule has 1 heterocycles. The normalized spacial score (nSPS) is 10.5. The molecule has 1 rings (SSSR count). The van der Waals surface area contributed by atoms with Crippen molar-refractivity contribution in [3.8, 4) is 0 Å². The Balaban J connectivity index is 2.77. The molecular formula is C8H14N2S. The Morgan fingerprint density at radius 2 is 2.36 bits per heavy atom. The van der Waals surface area contributed by atoms with Crippen LogP contribution >= 0.6 is 11.8 Å². The van der Waals surface area contributed by atoms with Crippen LogP contribution in [0.2, 0.25) is 0 Å². The lowest BCUT2D eigenvalue weighted by Crippen LogP contribution is -1.93. The molecule has 2 nitrogen and oxygen atoms in total. The molecule has 0 saturated heterocycles. The zero-order valence-corrected chi connectivity index (χ0v) is 8.11. The van der Waals surface area contributed by atoms with Crippen LogP contribution in [0.5, 0.6) is 0 Å². The summed E-state index contributed by atoms with van der Waals surface area (Å²) in [6.07, 6.45) is 4.23. The maximum atomic E-state index is 4.41. The summed E-state index contributed by atoms with van der Waals surface area (Å²) in [5.41, 5.74) is 1.19. The first-order valence-corrected chi connectivity index (χ1v) is 5.19. The van der Waals surface area contributed by atoms with Gasteiger partial charge in [0.05, 0.1) is 5.69 Å². The van der Waals surface area contributed by atoms with Gasteiger partial charge in [0.15, 0.2) is 0 Å². The van der Waals surface area contributed by atoms with Crippen LogP contribution in [0.1, 0.15) is 18.4 Å². The lowest BCUT2D eigenvalue weighted by molar-refractivity contribution is 0.730. The predicted molar refractivity (Wildman–Crippen MR) is 49.9 cm³/mol. The van der Waals surface area contributed by atoms with Crippen LogP contribution in [-0.2, 0) is 12.3 Å². The second-order valence-corrected chi connectivity index (χ2v) is 3.36. The van der Waals surface area contributed by atoms with Gasteiger partial charge in [-0.25, -0.2) is 4.98 Å². The van der Waals surface area contributed by atoms with E-state index in [9.17, 15) is 0 Å². The minimum absolute atomic E-state index is 1.02. The van der Waals surface area contributed by atoms with Gasteiger partial charge in [0.2, 0.25) is 0 Å². The van der Waals surface area contributed by atoms with Gasteiger partial charge in [0, 0.05) is 18.5 Å². The minimum atomic E-state index is 1.02. The molecular weight excluding hydrogens is 156 g/mol. The van der Waals surface area contributed by atoms with Crippen molar-refractivity contribution < 1.29 is 0 Å². The fraction of sp³-hybridized carbons (Fsp3) is 0.625. The van der Waals surface area contributed by atoms with E-state index in [4.69, 9.17) is 0 Å². The van der Waals surface area contributed by atoms with Crippen molar-refractivity contribution in [2.75, 3.05) is 6.26 Å². The van der Waals surface area contributed by atoms with Crippen LogP contribution in [-0.4, -0.2) is 15.8 Å². The van der Waals surface area contributed by atoms with Gasteiger partial charge in [0.25, 0.3) is 0 Å². The molecule has 0 N–H and O–H groups in total. The van der Waals surface area contributed by atoms with Crippen molar-refractivity contribution in [2.24, 2.45) is 0 Å². The number of imidazole rings is 1. The number of aromatic nitrogens is 2. The van der Waals surface area contributed by atoms with Crippen molar-refractivity contribution in [1.29, 1.82) is 0 Å². The van der Waals surface area contributed by atoms with E-state index in [-0.39, 0.29) is 0 Å². The van der Waals surface area contributed by atoms with Crippen LogP contribution < -0.4 is 0 Å². The van der Waals surface area contributed by atoms with Gasteiger partial charge >= 0.3 is 0 Å². The number of aryl methyl sites for hydroxylation is 2. The molecule has 1 aromatic rings. The molecule has 0 aliphatic heterocycles. The van der Waals surface area contributed by atoms with E-state index in [0.29, 0.717) is 0 Å². The summed E-state index contributed by atoms with van der Waals surface area (Å²) < 4.78 is 2.17. The highest BCUT2D eigenvalue weighted by molar-refractivity contribution is 7.97.